The van der Waals surface area contributed by atoms with Gasteiger partial charge < -0.3 is 10.1 Å². The maximum atomic E-state index is 5.72. The van der Waals surface area contributed by atoms with Gasteiger partial charge in [-0.25, -0.2) is 4.98 Å². The van der Waals surface area contributed by atoms with E-state index in [-0.39, 0.29) is 12.1 Å². The number of hydrogen-bond donors (Lipinski definition) is 1. The van der Waals surface area contributed by atoms with E-state index >= 15 is 0 Å². The number of nitrogens with zero attached hydrogens (tertiary/aromatic N) is 1. The zero-order valence-corrected chi connectivity index (χ0v) is 12.6. The van der Waals surface area contributed by atoms with Crippen LogP contribution in [0.1, 0.15) is 37.3 Å². The molecule has 102 valence electrons. The topological polar surface area (TPSA) is 34.2 Å². The molecule has 0 radical (unpaired) electrons. The van der Waals surface area contributed by atoms with Crippen molar-refractivity contribution in [3.05, 3.63) is 40.2 Å². The normalized spacial score (nSPS) is 12.5. The van der Waals surface area contributed by atoms with Crippen molar-refractivity contribution in [1.82, 2.24) is 4.98 Å². The predicted molar refractivity (Wildman–Crippen MR) is 81.1 cm³/mol. The van der Waals surface area contributed by atoms with Gasteiger partial charge in [-0.05, 0) is 56.8 Å². The van der Waals surface area contributed by atoms with Crippen molar-refractivity contribution in [1.29, 1.82) is 0 Å². The van der Waals surface area contributed by atoms with Crippen molar-refractivity contribution in [2.24, 2.45) is 0 Å². The molecule has 0 aliphatic carbocycles. The molecule has 0 amide bonds. The molecule has 3 nitrogen and oxygen atoms in total. The summed E-state index contributed by atoms with van der Waals surface area (Å²) in [5, 5.41) is 5.60. The predicted octanol–water partition coefficient (Wildman–Crippen LogP) is 4.41. The molecule has 1 atom stereocenters. The van der Waals surface area contributed by atoms with Crippen LogP contribution in [-0.4, -0.2) is 11.1 Å². The quantitative estimate of drug-likeness (QED) is 0.878. The standard InChI is InChI=1S/C15H20N2OS/c1-10(2)18-15-13(6-5-8-16-15)17-12(4)14-11(3)7-9-19-14/h5-10,12,17H,1-4H3. The van der Waals surface area contributed by atoms with Crippen molar-refractivity contribution < 1.29 is 4.74 Å². The van der Waals surface area contributed by atoms with Crippen LogP contribution in [0.25, 0.3) is 0 Å². The molecule has 2 aromatic heterocycles. The van der Waals surface area contributed by atoms with Crippen molar-refractivity contribution >= 4 is 17.0 Å². The van der Waals surface area contributed by atoms with E-state index in [1.54, 1.807) is 17.5 Å². The van der Waals surface area contributed by atoms with Gasteiger partial charge in [0.1, 0.15) is 0 Å². The van der Waals surface area contributed by atoms with E-state index in [1.807, 2.05) is 26.0 Å². The molecule has 2 rings (SSSR count). The SMILES string of the molecule is Cc1ccsc1C(C)Nc1cccnc1OC(C)C. The van der Waals surface area contributed by atoms with Crippen molar-refractivity contribution in [3.63, 3.8) is 0 Å². The second-order valence-electron chi connectivity index (χ2n) is 4.86. The Morgan fingerprint density at radius 1 is 1.26 bits per heavy atom. The lowest BCUT2D eigenvalue weighted by molar-refractivity contribution is 0.234. The van der Waals surface area contributed by atoms with Crippen molar-refractivity contribution in [2.75, 3.05) is 5.32 Å². The van der Waals surface area contributed by atoms with Crippen molar-refractivity contribution in [3.8, 4) is 5.88 Å². The summed E-state index contributed by atoms with van der Waals surface area (Å²) in [5.74, 6) is 0.665. The molecule has 2 heterocycles. The molecule has 2 aromatic rings. The minimum Gasteiger partial charge on any atom is -0.473 e. The van der Waals surface area contributed by atoms with Gasteiger partial charge in [0.25, 0.3) is 0 Å². The molecule has 0 saturated carbocycles. The molecular weight excluding hydrogens is 256 g/mol. The van der Waals surface area contributed by atoms with Crippen LogP contribution in [0.5, 0.6) is 5.88 Å². The summed E-state index contributed by atoms with van der Waals surface area (Å²) < 4.78 is 5.72. The van der Waals surface area contributed by atoms with Gasteiger partial charge in [-0.2, -0.15) is 0 Å². The van der Waals surface area contributed by atoms with E-state index in [9.17, 15) is 0 Å². The maximum absolute atomic E-state index is 5.72. The highest BCUT2D eigenvalue weighted by atomic mass is 32.1. The van der Waals surface area contributed by atoms with E-state index in [0.29, 0.717) is 5.88 Å². The number of ether oxygens (including phenoxy) is 1. The molecule has 0 spiro atoms. The molecule has 1 N–H and O–H groups in total. The van der Waals surface area contributed by atoms with Gasteiger partial charge in [0.2, 0.25) is 5.88 Å². The highest BCUT2D eigenvalue weighted by Crippen LogP contribution is 2.30. The molecule has 4 heteroatoms. The minimum atomic E-state index is 0.120. The first-order valence-electron chi connectivity index (χ1n) is 6.50. The Labute approximate surface area is 118 Å². The highest BCUT2D eigenvalue weighted by molar-refractivity contribution is 7.10. The van der Waals surface area contributed by atoms with E-state index < -0.39 is 0 Å². The van der Waals surface area contributed by atoms with E-state index in [1.165, 1.54) is 10.4 Å². The summed E-state index contributed by atoms with van der Waals surface area (Å²) in [4.78, 5) is 5.64. The van der Waals surface area contributed by atoms with Crippen LogP contribution >= 0.6 is 11.3 Å². The van der Waals surface area contributed by atoms with Crippen LogP contribution in [0.15, 0.2) is 29.8 Å². The number of rotatable bonds is 5. The van der Waals surface area contributed by atoms with Gasteiger partial charge in [-0.3, -0.25) is 0 Å². The maximum Gasteiger partial charge on any atom is 0.237 e. The fourth-order valence-corrected chi connectivity index (χ4v) is 2.88. The number of pyridine rings is 1. The Morgan fingerprint density at radius 3 is 2.68 bits per heavy atom. The molecule has 0 saturated heterocycles. The second-order valence-corrected chi connectivity index (χ2v) is 5.80. The number of aromatic nitrogens is 1. The highest BCUT2D eigenvalue weighted by Gasteiger charge is 2.13. The fraction of sp³-hybridized carbons (Fsp3) is 0.400. The lowest BCUT2D eigenvalue weighted by atomic mass is 10.2. The molecule has 0 bridgehead atoms. The van der Waals surface area contributed by atoms with Crippen LogP contribution in [-0.2, 0) is 0 Å². The Kier molecular flexibility index (Phi) is 4.43. The van der Waals surface area contributed by atoms with Crippen molar-refractivity contribution in [2.45, 2.75) is 39.8 Å². The lowest BCUT2D eigenvalue weighted by Crippen LogP contribution is -2.12. The number of nitrogens with one attached hydrogen (secondary N) is 1. The van der Waals surface area contributed by atoms with Crippen LogP contribution in [0.4, 0.5) is 5.69 Å². The van der Waals surface area contributed by atoms with Gasteiger partial charge >= 0.3 is 0 Å². The summed E-state index contributed by atoms with van der Waals surface area (Å²) >= 11 is 1.77. The smallest absolute Gasteiger partial charge is 0.237 e. The van der Waals surface area contributed by atoms with Gasteiger partial charge in [0.15, 0.2) is 0 Å². The Balaban J connectivity index is 2.17. The van der Waals surface area contributed by atoms with E-state index in [2.05, 4.69) is 35.6 Å². The number of aryl methyl sites for hydroxylation is 1. The van der Waals surface area contributed by atoms with Gasteiger partial charge in [0.05, 0.1) is 17.8 Å². The Morgan fingerprint density at radius 2 is 2.05 bits per heavy atom. The number of hydrogen-bond acceptors (Lipinski definition) is 4. The average molecular weight is 276 g/mol. The third-order valence-corrected chi connectivity index (χ3v) is 3.99. The average Bonchev–Trinajstić information content (AvgIpc) is 2.77. The summed E-state index contributed by atoms with van der Waals surface area (Å²) in [5.41, 5.74) is 2.26. The van der Waals surface area contributed by atoms with Crippen LogP contribution in [0.3, 0.4) is 0 Å². The minimum absolute atomic E-state index is 0.120. The summed E-state index contributed by atoms with van der Waals surface area (Å²) in [6.07, 6.45) is 1.87. The molecule has 1 unspecified atom stereocenters. The first-order valence-corrected chi connectivity index (χ1v) is 7.38. The number of anilines is 1. The first kappa shape index (κ1) is 13.9. The second kappa shape index (κ2) is 6.06. The van der Waals surface area contributed by atoms with Crippen LogP contribution in [0, 0.1) is 6.92 Å². The molecule has 0 aromatic carbocycles. The first-order chi connectivity index (χ1) is 9.08. The Hall–Kier alpha value is -1.55. The summed E-state index contributed by atoms with van der Waals surface area (Å²) in [7, 11) is 0. The third kappa shape index (κ3) is 3.47. The zero-order valence-electron chi connectivity index (χ0n) is 11.8. The monoisotopic (exact) mass is 276 g/mol. The van der Waals surface area contributed by atoms with Crippen LogP contribution < -0.4 is 10.1 Å². The third-order valence-electron chi connectivity index (χ3n) is 2.79. The van der Waals surface area contributed by atoms with Gasteiger partial charge in [-0.15, -0.1) is 11.3 Å². The Bertz CT molecular complexity index is 536. The summed E-state index contributed by atoms with van der Waals surface area (Å²) in [6, 6.07) is 6.32. The number of thiophene rings is 1. The largest absolute Gasteiger partial charge is 0.473 e. The lowest BCUT2D eigenvalue weighted by Gasteiger charge is -2.18. The molecular formula is C15H20N2OS. The molecule has 0 aliphatic rings. The molecule has 0 aliphatic heterocycles. The summed E-state index contributed by atoms with van der Waals surface area (Å²) in [6.45, 7) is 8.31. The van der Waals surface area contributed by atoms with E-state index in [0.717, 1.165) is 5.69 Å². The van der Waals surface area contributed by atoms with Gasteiger partial charge in [-0.1, -0.05) is 0 Å². The fourth-order valence-electron chi connectivity index (χ4n) is 1.94. The molecule has 0 fully saturated rings. The molecule has 19 heavy (non-hydrogen) atoms. The zero-order chi connectivity index (χ0) is 13.8. The van der Waals surface area contributed by atoms with Crippen LogP contribution in [0.2, 0.25) is 0 Å². The van der Waals surface area contributed by atoms with Gasteiger partial charge in [0, 0.05) is 11.1 Å². The van der Waals surface area contributed by atoms with E-state index in [4.69, 9.17) is 4.74 Å².